The summed E-state index contributed by atoms with van der Waals surface area (Å²) in [7, 11) is 2.58. The number of hydrogen-bond acceptors (Lipinski definition) is 5. The zero-order chi connectivity index (χ0) is 11.2. The minimum Gasteiger partial charge on any atom is -0.430 e. The normalized spacial score (nSPS) is 14.6. The van der Waals surface area contributed by atoms with Crippen molar-refractivity contribution in [3.8, 4) is 0 Å². The first-order valence-electron chi connectivity index (χ1n) is 4.02. The molecule has 0 N–H and O–H groups in total. The molecule has 1 rings (SSSR count). The SMILES string of the molecule is CC1=COC1=O.CO[Si](C)(OC)OC. The van der Waals surface area contributed by atoms with Crippen molar-refractivity contribution in [3.63, 3.8) is 0 Å². The summed E-state index contributed by atoms with van der Waals surface area (Å²) in [5, 5.41) is 0. The summed E-state index contributed by atoms with van der Waals surface area (Å²) >= 11 is 0. The molecule has 0 unspecified atom stereocenters. The van der Waals surface area contributed by atoms with Crippen LogP contribution in [0.15, 0.2) is 11.8 Å². The van der Waals surface area contributed by atoms with Crippen LogP contribution in [0.25, 0.3) is 0 Å². The van der Waals surface area contributed by atoms with Crippen LogP contribution in [-0.4, -0.2) is 36.1 Å². The predicted octanol–water partition coefficient (Wildman–Crippen LogP) is 0.941. The largest absolute Gasteiger partial charge is 0.496 e. The first-order chi connectivity index (χ1) is 6.49. The predicted molar refractivity (Wildman–Crippen MR) is 52.5 cm³/mol. The lowest BCUT2D eigenvalue weighted by molar-refractivity contribution is -0.138. The Labute approximate surface area is 85.0 Å². The van der Waals surface area contributed by atoms with Gasteiger partial charge in [-0.3, -0.25) is 0 Å². The van der Waals surface area contributed by atoms with Gasteiger partial charge in [0.1, 0.15) is 6.26 Å². The summed E-state index contributed by atoms with van der Waals surface area (Å²) in [6, 6.07) is 0. The molecule has 0 bridgehead atoms. The van der Waals surface area contributed by atoms with Crippen molar-refractivity contribution in [1.82, 2.24) is 0 Å². The molecule has 1 aliphatic heterocycles. The number of carbonyl (C=O) groups excluding carboxylic acids is 1. The van der Waals surface area contributed by atoms with Gasteiger partial charge in [0.2, 0.25) is 0 Å². The van der Waals surface area contributed by atoms with E-state index in [-0.39, 0.29) is 5.97 Å². The van der Waals surface area contributed by atoms with E-state index in [2.05, 4.69) is 4.74 Å². The van der Waals surface area contributed by atoms with Gasteiger partial charge in [-0.25, -0.2) is 4.79 Å². The van der Waals surface area contributed by atoms with E-state index in [9.17, 15) is 4.79 Å². The van der Waals surface area contributed by atoms with Gasteiger partial charge in [-0.2, -0.15) is 0 Å². The summed E-state index contributed by atoms with van der Waals surface area (Å²) < 4.78 is 19.0. The fraction of sp³-hybridized carbons (Fsp3) is 0.625. The number of cyclic esters (lactones) is 1. The van der Waals surface area contributed by atoms with Crippen molar-refractivity contribution < 1.29 is 22.8 Å². The Balaban J connectivity index is 0.000000249. The van der Waals surface area contributed by atoms with E-state index in [1.165, 1.54) is 6.26 Å². The Morgan fingerprint density at radius 3 is 1.57 bits per heavy atom. The molecule has 1 heterocycles. The molecule has 0 radical (unpaired) electrons. The lowest BCUT2D eigenvalue weighted by Gasteiger charge is -2.18. The summed E-state index contributed by atoms with van der Waals surface area (Å²) in [4.78, 5) is 9.94. The van der Waals surface area contributed by atoms with E-state index in [0.29, 0.717) is 5.57 Å². The third-order valence-electron chi connectivity index (χ3n) is 1.78. The van der Waals surface area contributed by atoms with Crippen LogP contribution in [0.1, 0.15) is 6.92 Å². The summed E-state index contributed by atoms with van der Waals surface area (Å²) in [6.07, 6.45) is 1.43. The topological polar surface area (TPSA) is 54.0 Å². The van der Waals surface area contributed by atoms with Crippen molar-refractivity contribution in [2.45, 2.75) is 13.5 Å². The molecule has 14 heavy (non-hydrogen) atoms. The molecule has 5 nitrogen and oxygen atoms in total. The molecule has 0 amide bonds. The molecule has 0 fully saturated rings. The van der Waals surface area contributed by atoms with E-state index < -0.39 is 8.80 Å². The second-order valence-corrected chi connectivity index (χ2v) is 5.63. The summed E-state index contributed by atoms with van der Waals surface area (Å²) in [5.41, 5.74) is 0.704. The smallest absolute Gasteiger partial charge is 0.430 e. The van der Waals surface area contributed by atoms with Gasteiger partial charge in [0, 0.05) is 27.9 Å². The van der Waals surface area contributed by atoms with Crippen LogP contribution in [-0.2, 0) is 22.8 Å². The molecule has 0 aromatic rings. The average molecular weight is 220 g/mol. The Morgan fingerprint density at radius 1 is 1.21 bits per heavy atom. The molecule has 0 saturated heterocycles. The molecule has 1 aliphatic rings. The number of hydrogen-bond donors (Lipinski definition) is 0. The van der Waals surface area contributed by atoms with Crippen LogP contribution >= 0.6 is 0 Å². The van der Waals surface area contributed by atoms with E-state index in [4.69, 9.17) is 13.3 Å². The highest BCUT2D eigenvalue weighted by atomic mass is 28.4. The fourth-order valence-electron chi connectivity index (χ4n) is 0.475. The van der Waals surface area contributed by atoms with Crippen LogP contribution in [0.3, 0.4) is 0 Å². The number of rotatable bonds is 3. The Kier molecular flexibility index (Phi) is 5.62. The first-order valence-corrected chi connectivity index (χ1v) is 6.24. The second-order valence-electron chi connectivity index (χ2n) is 2.68. The Hall–Kier alpha value is -0.693. The first kappa shape index (κ1) is 13.3. The average Bonchev–Trinajstić information content (AvgIpc) is 2.26. The summed E-state index contributed by atoms with van der Waals surface area (Å²) in [6.45, 7) is 3.54. The molecule has 82 valence electrons. The van der Waals surface area contributed by atoms with Crippen molar-refractivity contribution >= 4 is 14.8 Å². The van der Waals surface area contributed by atoms with Crippen molar-refractivity contribution in [2.75, 3.05) is 21.3 Å². The number of esters is 1. The number of carbonyl (C=O) groups is 1. The van der Waals surface area contributed by atoms with Gasteiger partial charge in [-0.05, 0) is 6.92 Å². The maximum atomic E-state index is 9.94. The highest BCUT2D eigenvalue weighted by molar-refractivity contribution is 6.58. The molecule has 0 spiro atoms. The van der Waals surface area contributed by atoms with Crippen LogP contribution in [0.2, 0.25) is 6.55 Å². The van der Waals surface area contributed by atoms with Crippen molar-refractivity contribution in [2.24, 2.45) is 0 Å². The molecule has 0 aromatic carbocycles. The van der Waals surface area contributed by atoms with Crippen molar-refractivity contribution in [3.05, 3.63) is 11.8 Å². The minimum absolute atomic E-state index is 0.199. The third kappa shape index (κ3) is 4.01. The van der Waals surface area contributed by atoms with Gasteiger partial charge in [-0.15, -0.1) is 0 Å². The van der Waals surface area contributed by atoms with Gasteiger partial charge in [-0.1, -0.05) is 0 Å². The quantitative estimate of drug-likeness (QED) is 0.523. The van der Waals surface area contributed by atoms with E-state index >= 15 is 0 Å². The lowest BCUT2D eigenvalue weighted by Crippen LogP contribution is -2.38. The molecule has 0 atom stereocenters. The van der Waals surface area contributed by atoms with Gasteiger partial charge >= 0.3 is 14.8 Å². The molecule has 0 aromatic heterocycles. The number of ether oxygens (including phenoxy) is 1. The zero-order valence-electron chi connectivity index (χ0n) is 9.12. The highest BCUT2D eigenvalue weighted by Crippen LogP contribution is 2.06. The third-order valence-corrected chi connectivity index (χ3v) is 4.00. The second kappa shape index (κ2) is 5.92. The standard InChI is InChI=1S/C4H12O3Si.C4H4O2/c1-5-8(4,6-2)7-3;1-3-2-6-4(3)5/h1-4H3;2H,1H3. The Bertz CT molecular complexity index is 214. The maximum Gasteiger partial charge on any atom is 0.496 e. The highest BCUT2D eigenvalue weighted by Gasteiger charge is 2.29. The van der Waals surface area contributed by atoms with Crippen molar-refractivity contribution in [1.29, 1.82) is 0 Å². The maximum absolute atomic E-state index is 9.94. The zero-order valence-corrected chi connectivity index (χ0v) is 10.1. The molecular formula is C8H16O5Si. The monoisotopic (exact) mass is 220 g/mol. The van der Waals surface area contributed by atoms with Gasteiger partial charge in [0.25, 0.3) is 0 Å². The fourth-order valence-corrected chi connectivity index (χ4v) is 0.975. The van der Waals surface area contributed by atoms with E-state index in [1.807, 2.05) is 6.55 Å². The molecule has 0 saturated carbocycles. The molecule has 0 aliphatic carbocycles. The Morgan fingerprint density at radius 2 is 1.57 bits per heavy atom. The van der Waals surface area contributed by atoms with Crippen LogP contribution in [0, 0.1) is 0 Å². The molecule has 6 heteroatoms. The van der Waals surface area contributed by atoms with E-state index in [1.54, 1.807) is 28.3 Å². The van der Waals surface area contributed by atoms with Gasteiger partial charge < -0.3 is 18.0 Å². The van der Waals surface area contributed by atoms with Crippen LogP contribution < -0.4 is 0 Å². The van der Waals surface area contributed by atoms with E-state index in [0.717, 1.165) is 0 Å². The summed E-state index contributed by atoms with van der Waals surface area (Å²) in [5.74, 6) is -0.199. The lowest BCUT2D eigenvalue weighted by atomic mass is 10.3. The van der Waals surface area contributed by atoms with Gasteiger partial charge in [0.05, 0.1) is 5.57 Å². The van der Waals surface area contributed by atoms with Crippen LogP contribution in [0.4, 0.5) is 0 Å². The minimum atomic E-state index is -2.17. The van der Waals surface area contributed by atoms with Crippen LogP contribution in [0.5, 0.6) is 0 Å². The molecular weight excluding hydrogens is 204 g/mol. The van der Waals surface area contributed by atoms with Gasteiger partial charge in [0.15, 0.2) is 0 Å².